The molecule has 0 saturated heterocycles. The number of aliphatic hydroxyl groups is 1. The number of benzene rings is 1. The van der Waals surface area contributed by atoms with Crippen molar-refractivity contribution in [2.45, 2.75) is 13.0 Å². The van der Waals surface area contributed by atoms with Gasteiger partial charge in [0, 0.05) is 5.56 Å². The first-order valence-electron chi connectivity index (χ1n) is 4.61. The van der Waals surface area contributed by atoms with Gasteiger partial charge in [0.1, 0.15) is 0 Å². The van der Waals surface area contributed by atoms with Gasteiger partial charge in [0.2, 0.25) is 5.82 Å². The molecule has 0 spiro atoms. The highest BCUT2D eigenvalue weighted by Gasteiger charge is 2.27. The highest BCUT2D eigenvalue weighted by Crippen LogP contribution is 2.33. The Morgan fingerprint density at radius 1 is 1.53 bits per heavy atom. The van der Waals surface area contributed by atoms with Crippen molar-refractivity contribution in [2.75, 3.05) is 6.61 Å². The average molecular weight is 267 g/mol. The van der Waals surface area contributed by atoms with Crippen molar-refractivity contribution in [3.8, 4) is 5.75 Å². The molecule has 0 radical (unpaired) electrons. The minimum atomic E-state index is -2.00. The van der Waals surface area contributed by atoms with Gasteiger partial charge >= 0.3 is 5.97 Å². The third kappa shape index (κ3) is 2.65. The van der Waals surface area contributed by atoms with E-state index in [2.05, 4.69) is 4.74 Å². The lowest BCUT2D eigenvalue weighted by molar-refractivity contribution is -0.153. The number of hydrogen-bond acceptors (Lipinski definition) is 4. The molecule has 1 aromatic carbocycles. The quantitative estimate of drug-likeness (QED) is 0.648. The molecule has 0 aliphatic carbocycles. The van der Waals surface area contributed by atoms with Crippen LogP contribution >= 0.6 is 11.6 Å². The van der Waals surface area contributed by atoms with E-state index >= 15 is 0 Å². The van der Waals surface area contributed by atoms with Crippen molar-refractivity contribution in [2.24, 2.45) is 0 Å². The number of aromatic hydroxyl groups is 1. The molecule has 0 heterocycles. The molecule has 2 N–H and O–H groups in total. The van der Waals surface area contributed by atoms with Gasteiger partial charge in [-0.15, -0.1) is 0 Å². The molecule has 0 saturated carbocycles. The maximum Gasteiger partial charge on any atom is 0.339 e. The highest BCUT2D eigenvalue weighted by molar-refractivity contribution is 6.32. The van der Waals surface area contributed by atoms with Crippen molar-refractivity contribution in [3.63, 3.8) is 0 Å². The summed E-state index contributed by atoms with van der Waals surface area (Å²) in [5.74, 6) is -5.39. The summed E-state index contributed by atoms with van der Waals surface area (Å²) in [5, 5.41) is 17.9. The van der Waals surface area contributed by atoms with Crippen LogP contribution in [-0.2, 0) is 9.53 Å². The first-order valence-corrected chi connectivity index (χ1v) is 4.99. The number of carbonyl (C=O) groups is 1. The number of phenols is 1. The van der Waals surface area contributed by atoms with Gasteiger partial charge in [-0.2, -0.15) is 4.39 Å². The van der Waals surface area contributed by atoms with Gasteiger partial charge in [0.05, 0.1) is 11.6 Å². The number of ether oxygens (including phenoxy) is 1. The Bertz CT molecular complexity index is 450. The second-order valence-electron chi connectivity index (χ2n) is 3.08. The number of phenolic OH excluding ortho intramolecular Hbond substituents is 1. The second kappa shape index (κ2) is 5.29. The van der Waals surface area contributed by atoms with E-state index in [4.69, 9.17) is 16.7 Å². The zero-order valence-electron chi connectivity index (χ0n) is 8.71. The van der Waals surface area contributed by atoms with Crippen LogP contribution < -0.4 is 0 Å². The fourth-order valence-corrected chi connectivity index (χ4v) is 1.35. The Hall–Kier alpha value is -1.40. The fraction of sp³-hybridized carbons (Fsp3) is 0.300. The van der Waals surface area contributed by atoms with Gasteiger partial charge in [0.15, 0.2) is 17.7 Å². The minimum Gasteiger partial charge on any atom is -0.504 e. The highest BCUT2D eigenvalue weighted by atomic mass is 35.5. The van der Waals surface area contributed by atoms with E-state index in [1.165, 1.54) is 6.92 Å². The van der Waals surface area contributed by atoms with Crippen LogP contribution in [0.25, 0.3) is 0 Å². The summed E-state index contributed by atoms with van der Waals surface area (Å²) in [5.41, 5.74) is -0.691. The third-order valence-electron chi connectivity index (χ3n) is 1.97. The summed E-state index contributed by atoms with van der Waals surface area (Å²) >= 11 is 5.40. The standard InChI is InChI=1S/C10H9ClF2O4/c1-2-17-10(16)8(14)4-3-5(11)9(15)7(13)6(4)12/h3,8,14-15H,2H2,1H3. The Morgan fingerprint density at radius 3 is 2.65 bits per heavy atom. The summed E-state index contributed by atoms with van der Waals surface area (Å²) in [6.07, 6.45) is -2.00. The molecular weight excluding hydrogens is 258 g/mol. The predicted octanol–water partition coefficient (Wildman–Crippen LogP) is 1.92. The topological polar surface area (TPSA) is 66.8 Å². The molecule has 0 aliphatic rings. The van der Waals surface area contributed by atoms with Crippen LogP contribution in [0.2, 0.25) is 5.02 Å². The number of esters is 1. The lowest BCUT2D eigenvalue weighted by Crippen LogP contribution is -2.17. The molecule has 17 heavy (non-hydrogen) atoms. The second-order valence-corrected chi connectivity index (χ2v) is 3.49. The molecule has 0 aliphatic heterocycles. The molecule has 4 nitrogen and oxygen atoms in total. The van der Waals surface area contributed by atoms with Gasteiger partial charge in [-0.1, -0.05) is 11.6 Å². The molecule has 7 heteroatoms. The van der Waals surface area contributed by atoms with Crippen LogP contribution in [0.15, 0.2) is 6.07 Å². The van der Waals surface area contributed by atoms with E-state index in [1.807, 2.05) is 0 Å². The summed E-state index contributed by atoms with van der Waals surface area (Å²) in [4.78, 5) is 11.1. The van der Waals surface area contributed by atoms with Crippen molar-refractivity contribution >= 4 is 17.6 Å². The predicted molar refractivity (Wildman–Crippen MR) is 54.6 cm³/mol. The maximum atomic E-state index is 13.3. The summed E-state index contributed by atoms with van der Waals surface area (Å²) in [6.45, 7) is 1.47. The summed E-state index contributed by atoms with van der Waals surface area (Å²) in [6, 6.07) is 0.761. The SMILES string of the molecule is CCOC(=O)C(O)c1cc(Cl)c(O)c(F)c1F. The van der Waals surface area contributed by atoms with Crippen molar-refractivity contribution in [3.05, 3.63) is 28.3 Å². The van der Waals surface area contributed by atoms with Crippen molar-refractivity contribution in [1.29, 1.82) is 0 Å². The Labute approximate surface area is 100 Å². The van der Waals surface area contributed by atoms with E-state index in [1.54, 1.807) is 0 Å². The van der Waals surface area contributed by atoms with E-state index in [0.717, 1.165) is 6.07 Å². The average Bonchev–Trinajstić information content (AvgIpc) is 2.30. The number of aliphatic hydroxyl groups excluding tert-OH is 1. The molecule has 0 bridgehead atoms. The van der Waals surface area contributed by atoms with Crippen LogP contribution in [0.3, 0.4) is 0 Å². The Kier molecular flexibility index (Phi) is 4.25. The van der Waals surface area contributed by atoms with Gasteiger partial charge in [0.25, 0.3) is 0 Å². The van der Waals surface area contributed by atoms with E-state index < -0.39 is 40.0 Å². The van der Waals surface area contributed by atoms with Crippen LogP contribution in [0.4, 0.5) is 8.78 Å². The molecule has 1 rings (SSSR count). The lowest BCUT2D eigenvalue weighted by atomic mass is 10.1. The van der Waals surface area contributed by atoms with E-state index in [9.17, 15) is 18.7 Å². The molecule has 0 fully saturated rings. The van der Waals surface area contributed by atoms with Gasteiger partial charge in [-0.05, 0) is 13.0 Å². The zero-order chi connectivity index (χ0) is 13.2. The molecule has 1 aromatic rings. The first-order chi connectivity index (χ1) is 7.90. The van der Waals surface area contributed by atoms with Gasteiger partial charge in [-0.25, -0.2) is 9.18 Å². The molecule has 1 unspecified atom stereocenters. The van der Waals surface area contributed by atoms with Crippen LogP contribution in [0.1, 0.15) is 18.6 Å². The van der Waals surface area contributed by atoms with Crippen LogP contribution in [-0.4, -0.2) is 22.8 Å². The van der Waals surface area contributed by atoms with E-state index in [0.29, 0.717) is 0 Å². The normalized spacial score (nSPS) is 12.3. The minimum absolute atomic E-state index is 0.0220. The van der Waals surface area contributed by atoms with Crippen molar-refractivity contribution in [1.82, 2.24) is 0 Å². The number of carbonyl (C=O) groups excluding carboxylic acids is 1. The molecule has 0 aromatic heterocycles. The largest absolute Gasteiger partial charge is 0.504 e. The van der Waals surface area contributed by atoms with E-state index in [-0.39, 0.29) is 6.61 Å². The van der Waals surface area contributed by atoms with Crippen molar-refractivity contribution < 1.29 is 28.5 Å². The van der Waals surface area contributed by atoms with Crippen LogP contribution in [0, 0.1) is 11.6 Å². The molecule has 0 amide bonds. The molecule has 1 atom stereocenters. The zero-order valence-corrected chi connectivity index (χ0v) is 9.46. The first kappa shape index (κ1) is 13.7. The van der Waals surface area contributed by atoms with Gasteiger partial charge < -0.3 is 14.9 Å². The summed E-state index contributed by atoms with van der Waals surface area (Å²) < 4.78 is 30.9. The number of hydrogen-bond donors (Lipinski definition) is 2. The Morgan fingerprint density at radius 2 is 2.12 bits per heavy atom. The molecule has 94 valence electrons. The fourth-order valence-electron chi connectivity index (χ4n) is 1.15. The monoisotopic (exact) mass is 266 g/mol. The van der Waals surface area contributed by atoms with Gasteiger partial charge in [-0.3, -0.25) is 0 Å². The smallest absolute Gasteiger partial charge is 0.339 e. The summed E-state index contributed by atoms with van der Waals surface area (Å²) in [7, 11) is 0. The Balaban J connectivity index is 3.19. The lowest BCUT2D eigenvalue weighted by Gasteiger charge is -2.12. The number of halogens is 3. The maximum absolute atomic E-state index is 13.3. The third-order valence-corrected chi connectivity index (χ3v) is 2.26. The molecular formula is C10H9ClF2O4. The number of rotatable bonds is 3. The van der Waals surface area contributed by atoms with Crippen LogP contribution in [0.5, 0.6) is 5.75 Å².